The normalized spacial score (nSPS) is 10.9. The number of furan rings is 1. The SMILES string of the molecule is O=C(/C=C/c1ccc(-c2ccccc2Cl)o1)Nc1cccc(Cl)c1. The predicted molar refractivity (Wildman–Crippen MR) is 98.3 cm³/mol. The summed E-state index contributed by atoms with van der Waals surface area (Å²) in [5.41, 5.74) is 1.44. The molecule has 0 aliphatic heterocycles. The zero-order valence-electron chi connectivity index (χ0n) is 12.5. The molecule has 0 saturated carbocycles. The first kappa shape index (κ1) is 16.4. The first-order valence-corrected chi connectivity index (χ1v) is 7.97. The molecule has 0 bridgehead atoms. The Morgan fingerprint density at radius 3 is 2.62 bits per heavy atom. The molecule has 3 rings (SSSR count). The molecule has 1 aromatic heterocycles. The van der Waals surface area contributed by atoms with Crippen molar-refractivity contribution in [3.63, 3.8) is 0 Å². The second-order valence-corrected chi connectivity index (χ2v) is 5.86. The second-order valence-electron chi connectivity index (χ2n) is 5.01. The fraction of sp³-hybridized carbons (Fsp3) is 0. The molecule has 0 aliphatic carbocycles. The van der Waals surface area contributed by atoms with Gasteiger partial charge in [0.15, 0.2) is 0 Å². The van der Waals surface area contributed by atoms with E-state index in [0.29, 0.717) is 27.3 Å². The predicted octanol–water partition coefficient (Wildman–Crippen LogP) is 5.91. The minimum absolute atomic E-state index is 0.270. The third-order valence-corrected chi connectivity index (χ3v) is 3.82. The fourth-order valence-electron chi connectivity index (χ4n) is 2.16. The number of hydrogen-bond acceptors (Lipinski definition) is 2. The van der Waals surface area contributed by atoms with Crippen LogP contribution in [-0.2, 0) is 4.79 Å². The van der Waals surface area contributed by atoms with Gasteiger partial charge in [-0.2, -0.15) is 0 Å². The van der Waals surface area contributed by atoms with Crippen molar-refractivity contribution in [1.82, 2.24) is 0 Å². The second kappa shape index (κ2) is 7.39. The molecule has 2 aromatic carbocycles. The molecule has 1 heterocycles. The van der Waals surface area contributed by atoms with E-state index in [0.717, 1.165) is 5.56 Å². The lowest BCUT2D eigenvalue weighted by molar-refractivity contribution is -0.111. The molecule has 0 fully saturated rings. The lowest BCUT2D eigenvalue weighted by atomic mass is 10.2. The lowest BCUT2D eigenvalue weighted by Crippen LogP contribution is -2.07. The zero-order valence-corrected chi connectivity index (χ0v) is 14.0. The van der Waals surface area contributed by atoms with E-state index in [2.05, 4.69) is 5.32 Å². The molecule has 120 valence electrons. The van der Waals surface area contributed by atoms with Gasteiger partial charge < -0.3 is 9.73 Å². The molecule has 0 unspecified atom stereocenters. The Kier molecular flexibility index (Phi) is 5.04. The Morgan fingerprint density at radius 1 is 1.00 bits per heavy atom. The quantitative estimate of drug-likeness (QED) is 0.590. The number of nitrogens with one attached hydrogen (secondary N) is 1. The third kappa shape index (κ3) is 4.07. The van der Waals surface area contributed by atoms with Crippen LogP contribution in [0.15, 0.2) is 71.2 Å². The maximum absolute atomic E-state index is 11.9. The van der Waals surface area contributed by atoms with E-state index in [1.165, 1.54) is 6.08 Å². The van der Waals surface area contributed by atoms with Crippen LogP contribution in [0.5, 0.6) is 0 Å². The molecular weight excluding hydrogens is 345 g/mol. The Hall–Kier alpha value is -2.49. The third-order valence-electron chi connectivity index (χ3n) is 3.26. The Morgan fingerprint density at radius 2 is 1.83 bits per heavy atom. The van der Waals surface area contributed by atoms with Gasteiger partial charge in [0.1, 0.15) is 11.5 Å². The monoisotopic (exact) mass is 357 g/mol. The summed E-state index contributed by atoms with van der Waals surface area (Å²) in [7, 11) is 0. The minimum Gasteiger partial charge on any atom is -0.457 e. The Balaban J connectivity index is 1.69. The number of carbonyl (C=O) groups excluding carboxylic acids is 1. The average molecular weight is 358 g/mol. The molecule has 5 heteroatoms. The van der Waals surface area contributed by atoms with Gasteiger partial charge in [-0.3, -0.25) is 4.79 Å². The van der Waals surface area contributed by atoms with Gasteiger partial charge in [0, 0.05) is 22.3 Å². The fourth-order valence-corrected chi connectivity index (χ4v) is 2.58. The number of amides is 1. The first-order chi connectivity index (χ1) is 11.6. The van der Waals surface area contributed by atoms with Crippen molar-refractivity contribution >= 4 is 40.9 Å². The van der Waals surface area contributed by atoms with E-state index >= 15 is 0 Å². The van der Waals surface area contributed by atoms with Gasteiger partial charge in [-0.25, -0.2) is 0 Å². The summed E-state index contributed by atoms with van der Waals surface area (Å²) in [6.45, 7) is 0. The van der Waals surface area contributed by atoms with Crippen molar-refractivity contribution in [2.75, 3.05) is 5.32 Å². The maximum atomic E-state index is 11.9. The van der Waals surface area contributed by atoms with Crippen LogP contribution in [-0.4, -0.2) is 5.91 Å². The lowest BCUT2D eigenvalue weighted by Gasteiger charge is -2.01. The van der Waals surface area contributed by atoms with Crippen molar-refractivity contribution in [3.05, 3.63) is 82.5 Å². The van der Waals surface area contributed by atoms with E-state index in [1.54, 1.807) is 42.5 Å². The highest BCUT2D eigenvalue weighted by Crippen LogP contribution is 2.29. The summed E-state index contributed by atoms with van der Waals surface area (Å²) in [6.07, 6.45) is 3.00. The van der Waals surface area contributed by atoms with Crippen LogP contribution in [0.25, 0.3) is 17.4 Å². The van der Waals surface area contributed by atoms with Gasteiger partial charge in [-0.1, -0.05) is 41.4 Å². The van der Waals surface area contributed by atoms with Crippen LogP contribution in [0.2, 0.25) is 10.0 Å². The number of rotatable bonds is 4. The van der Waals surface area contributed by atoms with E-state index in [9.17, 15) is 4.79 Å². The first-order valence-electron chi connectivity index (χ1n) is 7.21. The summed E-state index contributed by atoms with van der Waals surface area (Å²) < 4.78 is 5.70. The minimum atomic E-state index is -0.270. The highest BCUT2D eigenvalue weighted by atomic mass is 35.5. The molecule has 1 amide bonds. The van der Waals surface area contributed by atoms with Gasteiger partial charge in [0.05, 0.1) is 5.02 Å². The van der Waals surface area contributed by atoms with Crippen LogP contribution < -0.4 is 5.32 Å². The largest absolute Gasteiger partial charge is 0.457 e. The molecule has 0 atom stereocenters. The van der Waals surface area contributed by atoms with Gasteiger partial charge >= 0.3 is 0 Å². The highest BCUT2D eigenvalue weighted by molar-refractivity contribution is 6.33. The Bertz CT molecular complexity index is 900. The van der Waals surface area contributed by atoms with Crippen LogP contribution >= 0.6 is 23.2 Å². The summed E-state index contributed by atoms with van der Waals surface area (Å²) in [5.74, 6) is 0.939. The van der Waals surface area contributed by atoms with Crippen molar-refractivity contribution in [1.29, 1.82) is 0 Å². The Labute approximate surface area is 149 Å². The number of hydrogen-bond donors (Lipinski definition) is 1. The average Bonchev–Trinajstić information content (AvgIpc) is 3.02. The molecule has 0 radical (unpaired) electrons. The zero-order chi connectivity index (χ0) is 16.9. The van der Waals surface area contributed by atoms with Crippen LogP contribution in [0, 0.1) is 0 Å². The van der Waals surface area contributed by atoms with Crippen molar-refractivity contribution in [2.24, 2.45) is 0 Å². The van der Waals surface area contributed by atoms with Crippen molar-refractivity contribution in [2.45, 2.75) is 0 Å². The summed E-state index contributed by atoms with van der Waals surface area (Å²) >= 11 is 12.0. The molecule has 3 nitrogen and oxygen atoms in total. The van der Waals surface area contributed by atoms with Crippen molar-refractivity contribution < 1.29 is 9.21 Å². The van der Waals surface area contributed by atoms with Gasteiger partial charge in [-0.15, -0.1) is 0 Å². The molecule has 1 N–H and O–H groups in total. The molecular formula is C19H13Cl2NO2. The molecule has 24 heavy (non-hydrogen) atoms. The molecule has 0 saturated heterocycles. The number of halogens is 2. The van der Waals surface area contributed by atoms with Crippen LogP contribution in [0.1, 0.15) is 5.76 Å². The smallest absolute Gasteiger partial charge is 0.248 e. The van der Waals surface area contributed by atoms with E-state index in [4.69, 9.17) is 27.6 Å². The standard InChI is InChI=1S/C19H13Cl2NO2/c20-13-4-3-5-14(12-13)22-19(23)11-9-15-8-10-18(24-15)16-6-1-2-7-17(16)21/h1-12H,(H,22,23)/b11-9+. The number of anilines is 1. The summed E-state index contributed by atoms with van der Waals surface area (Å²) in [5, 5.41) is 3.90. The van der Waals surface area contributed by atoms with Crippen LogP contribution in [0.3, 0.4) is 0 Å². The van der Waals surface area contributed by atoms with E-state index < -0.39 is 0 Å². The topological polar surface area (TPSA) is 42.2 Å². The number of benzene rings is 2. The molecule has 0 aliphatic rings. The van der Waals surface area contributed by atoms with Gasteiger partial charge in [0.2, 0.25) is 5.91 Å². The van der Waals surface area contributed by atoms with Crippen LogP contribution in [0.4, 0.5) is 5.69 Å². The molecule has 0 spiro atoms. The summed E-state index contributed by atoms with van der Waals surface area (Å²) in [4.78, 5) is 11.9. The summed E-state index contributed by atoms with van der Waals surface area (Å²) in [6, 6.07) is 18.0. The van der Waals surface area contributed by atoms with E-state index in [1.807, 2.05) is 24.3 Å². The van der Waals surface area contributed by atoms with Crippen molar-refractivity contribution in [3.8, 4) is 11.3 Å². The number of carbonyl (C=O) groups is 1. The van der Waals surface area contributed by atoms with Gasteiger partial charge in [0.25, 0.3) is 0 Å². The van der Waals surface area contributed by atoms with Gasteiger partial charge in [-0.05, 0) is 48.5 Å². The highest BCUT2D eigenvalue weighted by Gasteiger charge is 2.07. The van der Waals surface area contributed by atoms with E-state index in [-0.39, 0.29) is 5.91 Å². The maximum Gasteiger partial charge on any atom is 0.248 e. The molecule has 3 aromatic rings.